The second-order valence-electron chi connectivity index (χ2n) is 4.63. The van der Waals surface area contributed by atoms with E-state index in [0.29, 0.717) is 6.04 Å². The summed E-state index contributed by atoms with van der Waals surface area (Å²) in [7, 11) is 1.65. The Labute approximate surface area is 124 Å². The third-order valence-electron chi connectivity index (χ3n) is 3.41. The van der Waals surface area contributed by atoms with Gasteiger partial charge in [-0.2, -0.15) is 0 Å². The van der Waals surface area contributed by atoms with Gasteiger partial charge < -0.3 is 9.30 Å². The van der Waals surface area contributed by atoms with Crippen molar-refractivity contribution in [1.82, 2.24) is 4.57 Å². The average Bonchev–Trinajstić information content (AvgIpc) is 3.22. The molecule has 100 valence electrons. The normalized spacial score (nSPS) is 14.9. The maximum absolute atomic E-state index is 12.2. The van der Waals surface area contributed by atoms with E-state index in [-0.39, 0.29) is 5.43 Å². The number of hydrogen-bond donors (Lipinski definition) is 0. The summed E-state index contributed by atoms with van der Waals surface area (Å²) in [5.41, 5.74) is 0.971. The fraction of sp³-hybridized carbons (Fsp3) is 0.357. The molecule has 0 spiro atoms. The van der Waals surface area contributed by atoms with E-state index in [0.717, 1.165) is 26.2 Å². The fourth-order valence-electron chi connectivity index (χ4n) is 2.40. The van der Waals surface area contributed by atoms with E-state index < -0.39 is 0 Å². The molecule has 3 nitrogen and oxygen atoms in total. The second-order valence-corrected chi connectivity index (χ2v) is 6.31. The Morgan fingerprint density at radius 2 is 2.16 bits per heavy atom. The van der Waals surface area contributed by atoms with Crippen molar-refractivity contribution in [2.75, 3.05) is 13.4 Å². The Morgan fingerprint density at radius 3 is 2.74 bits per heavy atom. The molecular formula is C14H14BrNO2S. The van der Waals surface area contributed by atoms with Crippen LogP contribution in [0.1, 0.15) is 18.9 Å². The van der Waals surface area contributed by atoms with Gasteiger partial charge in [-0.1, -0.05) is 0 Å². The first-order chi connectivity index (χ1) is 9.17. The number of aromatic nitrogens is 1. The lowest BCUT2D eigenvalue weighted by Gasteiger charge is -2.17. The molecule has 1 aliphatic carbocycles. The van der Waals surface area contributed by atoms with E-state index >= 15 is 0 Å². The molecule has 5 heteroatoms. The number of thioether (sulfide) groups is 1. The summed E-state index contributed by atoms with van der Waals surface area (Å²) in [6.07, 6.45) is 4.34. The molecule has 1 aromatic heterocycles. The SMILES string of the molecule is COc1c(Br)ccc2c(=O)cc(SC)n(C3CC3)c12. The molecule has 0 aliphatic heterocycles. The molecule has 1 aliphatic rings. The van der Waals surface area contributed by atoms with Crippen LogP contribution in [0.15, 0.2) is 32.5 Å². The molecular weight excluding hydrogens is 326 g/mol. The third-order valence-corrected chi connectivity index (χ3v) is 4.76. The number of methoxy groups -OCH3 is 1. The van der Waals surface area contributed by atoms with Crippen LogP contribution >= 0.6 is 27.7 Å². The van der Waals surface area contributed by atoms with Crippen LogP contribution in [-0.2, 0) is 0 Å². The number of rotatable bonds is 3. The van der Waals surface area contributed by atoms with Crippen LogP contribution in [-0.4, -0.2) is 17.9 Å². The first kappa shape index (κ1) is 13.1. The minimum atomic E-state index is 0.0575. The summed E-state index contributed by atoms with van der Waals surface area (Å²) in [6.45, 7) is 0. The highest BCUT2D eigenvalue weighted by Crippen LogP contribution is 2.43. The van der Waals surface area contributed by atoms with Gasteiger partial charge in [0.25, 0.3) is 0 Å². The molecule has 0 saturated heterocycles. The van der Waals surface area contributed by atoms with Gasteiger partial charge in [0, 0.05) is 17.5 Å². The molecule has 1 heterocycles. The minimum absolute atomic E-state index is 0.0575. The van der Waals surface area contributed by atoms with Crippen molar-refractivity contribution < 1.29 is 4.74 Å². The van der Waals surface area contributed by atoms with Gasteiger partial charge in [0.1, 0.15) is 0 Å². The second kappa shape index (κ2) is 4.87. The first-order valence-electron chi connectivity index (χ1n) is 6.13. The van der Waals surface area contributed by atoms with Crippen molar-refractivity contribution in [1.29, 1.82) is 0 Å². The molecule has 0 amide bonds. The van der Waals surface area contributed by atoms with Gasteiger partial charge in [0.2, 0.25) is 0 Å². The summed E-state index contributed by atoms with van der Waals surface area (Å²) in [5.74, 6) is 0.748. The maximum atomic E-state index is 12.2. The van der Waals surface area contributed by atoms with Gasteiger partial charge in [0.05, 0.1) is 22.1 Å². The first-order valence-corrected chi connectivity index (χ1v) is 8.15. The van der Waals surface area contributed by atoms with Gasteiger partial charge in [-0.3, -0.25) is 4.79 Å². The molecule has 0 bridgehead atoms. The van der Waals surface area contributed by atoms with Gasteiger partial charge in [0.15, 0.2) is 11.2 Å². The molecule has 19 heavy (non-hydrogen) atoms. The van der Waals surface area contributed by atoms with Gasteiger partial charge >= 0.3 is 0 Å². The van der Waals surface area contributed by atoms with E-state index in [9.17, 15) is 4.79 Å². The molecule has 1 fully saturated rings. The molecule has 0 atom stereocenters. The van der Waals surface area contributed by atoms with E-state index in [2.05, 4.69) is 20.5 Å². The summed E-state index contributed by atoms with van der Waals surface area (Å²) in [6, 6.07) is 5.97. The number of halogens is 1. The van der Waals surface area contributed by atoms with Crippen LogP contribution < -0.4 is 10.2 Å². The Kier molecular flexibility index (Phi) is 3.35. The quantitative estimate of drug-likeness (QED) is 0.796. The minimum Gasteiger partial charge on any atom is -0.493 e. The van der Waals surface area contributed by atoms with Crippen LogP contribution in [0.25, 0.3) is 10.9 Å². The van der Waals surface area contributed by atoms with Crippen molar-refractivity contribution >= 4 is 38.6 Å². The zero-order valence-electron chi connectivity index (χ0n) is 10.8. The highest BCUT2D eigenvalue weighted by molar-refractivity contribution is 9.10. The zero-order valence-corrected chi connectivity index (χ0v) is 13.2. The molecule has 2 aromatic rings. The van der Waals surface area contributed by atoms with Gasteiger partial charge in [-0.15, -0.1) is 11.8 Å². The Morgan fingerprint density at radius 1 is 1.42 bits per heavy atom. The number of fused-ring (bicyclic) bond motifs is 1. The van der Waals surface area contributed by atoms with E-state index in [4.69, 9.17) is 4.74 Å². The number of benzene rings is 1. The molecule has 0 N–H and O–H groups in total. The lowest BCUT2D eigenvalue weighted by atomic mass is 10.2. The number of nitrogens with zero attached hydrogens (tertiary/aromatic N) is 1. The van der Waals surface area contributed by atoms with Crippen LogP contribution in [0, 0.1) is 0 Å². The lowest BCUT2D eigenvalue weighted by Crippen LogP contribution is -2.11. The van der Waals surface area contributed by atoms with Crippen LogP contribution in [0.4, 0.5) is 0 Å². The van der Waals surface area contributed by atoms with Crippen molar-refractivity contribution in [2.24, 2.45) is 0 Å². The average molecular weight is 340 g/mol. The summed E-state index contributed by atoms with van der Waals surface area (Å²) in [4.78, 5) is 12.2. The van der Waals surface area contributed by atoms with Crippen molar-refractivity contribution in [3.63, 3.8) is 0 Å². The highest BCUT2D eigenvalue weighted by Gasteiger charge is 2.28. The van der Waals surface area contributed by atoms with Crippen LogP contribution in [0.2, 0.25) is 0 Å². The standard InChI is InChI=1S/C14H14BrNO2S/c1-18-14-10(15)6-5-9-11(17)7-12(19-2)16(13(9)14)8-3-4-8/h5-8H,3-4H2,1-2H3. The number of hydrogen-bond acceptors (Lipinski definition) is 3. The maximum Gasteiger partial charge on any atom is 0.190 e. The molecule has 1 aromatic carbocycles. The Balaban J connectivity index is 2.49. The van der Waals surface area contributed by atoms with E-state index in [1.165, 1.54) is 12.8 Å². The highest BCUT2D eigenvalue weighted by atomic mass is 79.9. The van der Waals surface area contributed by atoms with Crippen LogP contribution in [0.3, 0.4) is 0 Å². The molecule has 0 unspecified atom stereocenters. The van der Waals surface area contributed by atoms with Crippen molar-refractivity contribution in [2.45, 2.75) is 23.9 Å². The zero-order chi connectivity index (χ0) is 13.6. The van der Waals surface area contributed by atoms with Gasteiger partial charge in [-0.25, -0.2) is 0 Å². The van der Waals surface area contributed by atoms with Crippen molar-refractivity contribution in [3.05, 3.63) is 32.9 Å². The lowest BCUT2D eigenvalue weighted by molar-refractivity contribution is 0.413. The predicted molar refractivity (Wildman–Crippen MR) is 82.5 cm³/mol. The molecule has 1 saturated carbocycles. The Hall–Kier alpha value is -0.940. The summed E-state index contributed by atoms with van der Waals surface area (Å²) < 4.78 is 8.65. The predicted octanol–water partition coefficient (Wildman–Crippen LogP) is 3.83. The fourth-order valence-corrected chi connectivity index (χ4v) is 3.54. The number of ether oxygens (including phenoxy) is 1. The smallest absolute Gasteiger partial charge is 0.190 e. The number of pyridine rings is 1. The molecule has 0 radical (unpaired) electrons. The summed E-state index contributed by atoms with van der Waals surface area (Å²) >= 11 is 5.12. The van der Waals surface area contributed by atoms with Crippen LogP contribution in [0.5, 0.6) is 5.75 Å². The largest absolute Gasteiger partial charge is 0.493 e. The molecule has 3 rings (SSSR count). The summed E-state index contributed by atoms with van der Waals surface area (Å²) in [5, 5.41) is 1.74. The topological polar surface area (TPSA) is 31.2 Å². The third kappa shape index (κ3) is 2.09. The van der Waals surface area contributed by atoms with Gasteiger partial charge in [-0.05, 0) is 47.2 Å². The Bertz CT molecular complexity index is 707. The van der Waals surface area contributed by atoms with E-state index in [1.54, 1.807) is 24.9 Å². The van der Waals surface area contributed by atoms with Crippen molar-refractivity contribution in [3.8, 4) is 5.75 Å². The monoisotopic (exact) mass is 339 g/mol. The van der Waals surface area contributed by atoms with E-state index in [1.807, 2.05) is 18.4 Å².